The molecular formula is C19H25N3O3. The Morgan fingerprint density at radius 3 is 2.88 bits per heavy atom. The number of anilines is 1. The predicted molar refractivity (Wildman–Crippen MR) is 96.1 cm³/mol. The zero-order valence-corrected chi connectivity index (χ0v) is 15.0. The van der Waals surface area contributed by atoms with Crippen LogP contribution in [-0.4, -0.2) is 41.1 Å². The highest BCUT2D eigenvalue weighted by molar-refractivity contribution is 5.95. The summed E-state index contributed by atoms with van der Waals surface area (Å²) in [6.45, 7) is 6.98. The summed E-state index contributed by atoms with van der Waals surface area (Å²) in [6, 6.07) is 8.16. The number of nitrogens with zero attached hydrogens (tertiary/aromatic N) is 2. The lowest BCUT2D eigenvalue weighted by Crippen LogP contribution is -2.44. The topological polar surface area (TPSA) is 65.4 Å². The SMILES string of the molecule is CCCc1c(NC(=O)[C@@H]2OCCO[C@@H]2C)cnn1-c1cccc(C)c1. The van der Waals surface area contributed by atoms with Gasteiger partial charge < -0.3 is 14.8 Å². The van der Waals surface area contributed by atoms with E-state index in [1.165, 1.54) is 5.56 Å². The van der Waals surface area contributed by atoms with Crippen LogP contribution in [0.25, 0.3) is 5.69 Å². The lowest BCUT2D eigenvalue weighted by molar-refractivity contribution is -0.157. The summed E-state index contributed by atoms with van der Waals surface area (Å²) < 4.78 is 13.0. The molecule has 134 valence electrons. The second-order valence-corrected chi connectivity index (χ2v) is 6.36. The standard InChI is InChI=1S/C19H25N3O3/c1-4-6-17-16(21-19(23)18-14(3)24-9-10-25-18)12-20-22(17)15-8-5-7-13(2)11-15/h5,7-8,11-12,14,18H,4,6,9-10H2,1-3H3,(H,21,23)/t14-,18-/m1/s1. The Balaban J connectivity index is 1.85. The van der Waals surface area contributed by atoms with Gasteiger partial charge in [0.05, 0.1) is 42.6 Å². The molecule has 6 heteroatoms. The average Bonchev–Trinajstić information content (AvgIpc) is 2.98. The van der Waals surface area contributed by atoms with Crippen molar-refractivity contribution in [2.75, 3.05) is 18.5 Å². The fourth-order valence-corrected chi connectivity index (χ4v) is 3.06. The van der Waals surface area contributed by atoms with Gasteiger partial charge in [-0.1, -0.05) is 25.5 Å². The van der Waals surface area contributed by atoms with Crippen molar-refractivity contribution < 1.29 is 14.3 Å². The van der Waals surface area contributed by atoms with Gasteiger partial charge in [-0.25, -0.2) is 4.68 Å². The first-order valence-corrected chi connectivity index (χ1v) is 8.78. The minimum absolute atomic E-state index is 0.187. The summed E-state index contributed by atoms with van der Waals surface area (Å²) in [5.74, 6) is -0.187. The maximum absolute atomic E-state index is 12.6. The normalized spacial score (nSPS) is 20.4. The van der Waals surface area contributed by atoms with E-state index in [9.17, 15) is 4.79 Å². The predicted octanol–water partition coefficient (Wildman–Crippen LogP) is 2.88. The quantitative estimate of drug-likeness (QED) is 0.907. The number of hydrogen-bond acceptors (Lipinski definition) is 4. The second kappa shape index (κ2) is 7.80. The van der Waals surface area contributed by atoms with Crippen molar-refractivity contribution in [3.8, 4) is 5.69 Å². The maximum atomic E-state index is 12.6. The molecule has 1 saturated heterocycles. The Labute approximate surface area is 148 Å². The Hall–Kier alpha value is -2.18. The second-order valence-electron chi connectivity index (χ2n) is 6.36. The Bertz CT molecular complexity index is 741. The molecule has 0 bridgehead atoms. The number of ether oxygens (including phenoxy) is 2. The molecule has 6 nitrogen and oxygen atoms in total. The van der Waals surface area contributed by atoms with Crippen LogP contribution in [0.3, 0.4) is 0 Å². The van der Waals surface area contributed by atoms with Crippen LogP contribution in [0.2, 0.25) is 0 Å². The fourth-order valence-electron chi connectivity index (χ4n) is 3.06. The van der Waals surface area contributed by atoms with Gasteiger partial charge in [-0.15, -0.1) is 0 Å². The number of rotatable bonds is 5. The molecule has 1 N–H and O–H groups in total. The Morgan fingerprint density at radius 2 is 2.16 bits per heavy atom. The number of hydrogen-bond donors (Lipinski definition) is 1. The molecule has 1 amide bonds. The third-order valence-electron chi connectivity index (χ3n) is 4.31. The molecule has 0 radical (unpaired) electrons. The van der Waals surface area contributed by atoms with E-state index in [1.807, 2.05) is 23.7 Å². The first-order chi connectivity index (χ1) is 12.1. The van der Waals surface area contributed by atoms with Crippen LogP contribution < -0.4 is 5.32 Å². The van der Waals surface area contributed by atoms with E-state index in [0.29, 0.717) is 13.2 Å². The van der Waals surface area contributed by atoms with E-state index in [2.05, 4.69) is 36.4 Å². The molecule has 0 aliphatic carbocycles. The van der Waals surface area contributed by atoms with Gasteiger partial charge in [0.25, 0.3) is 5.91 Å². The van der Waals surface area contributed by atoms with Crippen LogP contribution in [0.5, 0.6) is 0 Å². The van der Waals surface area contributed by atoms with Gasteiger partial charge in [-0.05, 0) is 38.0 Å². The van der Waals surface area contributed by atoms with E-state index >= 15 is 0 Å². The van der Waals surface area contributed by atoms with Crippen molar-refractivity contribution in [1.29, 1.82) is 0 Å². The first kappa shape index (κ1) is 17.6. The molecule has 1 aromatic carbocycles. The third-order valence-corrected chi connectivity index (χ3v) is 4.31. The number of carbonyl (C=O) groups is 1. The van der Waals surface area contributed by atoms with Crippen LogP contribution in [0.15, 0.2) is 30.5 Å². The summed E-state index contributed by atoms with van der Waals surface area (Å²) in [5, 5.41) is 7.47. The highest BCUT2D eigenvalue weighted by Gasteiger charge is 2.30. The molecular weight excluding hydrogens is 318 g/mol. The van der Waals surface area contributed by atoms with E-state index in [0.717, 1.165) is 29.9 Å². The molecule has 1 fully saturated rings. The van der Waals surface area contributed by atoms with Gasteiger partial charge in [0.15, 0.2) is 6.10 Å². The lowest BCUT2D eigenvalue weighted by atomic mass is 10.1. The highest BCUT2D eigenvalue weighted by atomic mass is 16.6. The van der Waals surface area contributed by atoms with E-state index < -0.39 is 6.10 Å². The van der Waals surface area contributed by atoms with Crippen LogP contribution in [0.4, 0.5) is 5.69 Å². The Kier molecular flexibility index (Phi) is 5.50. The van der Waals surface area contributed by atoms with Crippen LogP contribution >= 0.6 is 0 Å². The third kappa shape index (κ3) is 3.91. The minimum Gasteiger partial charge on any atom is -0.373 e. The largest absolute Gasteiger partial charge is 0.373 e. The van der Waals surface area contributed by atoms with Crippen molar-refractivity contribution in [2.45, 2.75) is 45.8 Å². The molecule has 0 saturated carbocycles. The molecule has 1 aliphatic heterocycles. The number of aryl methyl sites for hydroxylation is 1. The summed E-state index contributed by atoms with van der Waals surface area (Å²) in [7, 11) is 0. The molecule has 1 aromatic heterocycles. The minimum atomic E-state index is -0.592. The molecule has 3 rings (SSSR count). The molecule has 25 heavy (non-hydrogen) atoms. The lowest BCUT2D eigenvalue weighted by Gasteiger charge is -2.28. The summed E-state index contributed by atoms with van der Waals surface area (Å²) in [4.78, 5) is 12.6. The number of nitrogens with one attached hydrogen (secondary N) is 1. The average molecular weight is 343 g/mol. The molecule has 0 spiro atoms. The van der Waals surface area contributed by atoms with Crippen molar-refractivity contribution in [3.63, 3.8) is 0 Å². The molecule has 1 aliphatic rings. The van der Waals surface area contributed by atoms with Gasteiger partial charge in [0.2, 0.25) is 0 Å². The molecule has 2 heterocycles. The summed E-state index contributed by atoms with van der Waals surface area (Å²) in [6.07, 6.45) is 2.64. The van der Waals surface area contributed by atoms with Crippen molar-refractivity contribution in [3.05, 3.63) is 41.7 Å². The maximum Gasteiger partial charge on any atom is 0.256 e. The molecule has 2 atom stereocenters. The first-order valence-electron chi connectivity index (χ1n) is 8.78. The van der Waals surface area contributed by atoms with Crippen molar-refractivity contribution in [1.82, 2.24) is 9.78 Å². The van der Waals surface area contributed by atoms with Crippen LogP contribution in [0.1, 0.15) is 31.5 Å². The zero-order chi connectivity index (χ0) is 17.8. The van der Waals surface area contributed by atoms with Gasteiger partial charge in [0, 0.05) is 0 Å². The van der Waals surface area contributed by atoms with Gasteiger partial charge in [-0.2, -0.15) is 5.10 Å². The molecule has 0 unspecified atom stereocenters. The van der Waals surface area contributed by atoms with Crippen LogP contribution in [-0.2, 0) is 20.7 Å². The summed E-state index contributed by atoms with van der Waals surface area (Å²) in [5.41, 5.74) is 3.89. The zero-order valence-electron chi connectivity index (χ0n) is 15.0. The number of amides is 1. The Morgan fingerprint density at radius 1 is 1.36 bits per heavy atom. The van der Waals surface area contributed by atoms with Crippen LogP contribution in [0, 0.1) is 6.92 Å². The van der Waals surface area contributed by atoms with Gasteiger partial charge in [0.1, 0.15) is 0 Å². The number of aromatic nitrogens is 2. The smallest absolute Gasteiger partial charge is 0.256 e. The molecule has 2 aromatic rings. The van der Waals surface area contributed by atoms with E-state index in [1.54, 1.807) is 6.20 Å². The van der Waals surface area contributed by atoms with E-state index in [4.69, 9.17) is 9.47 Å². The number of carbonyl (C=O) groups excluding carboxylic acids is 1. The summed E-state index contributed by atoms with van der Waals surface area (Å²) >= 11 is 0. The fraction of sp³-hybridized carbons (Fsp3) is 0.474. The van der Waals surface area contributed by atoms with Crippen molar-refractivity contribution >= 4 is 11.6 Å². The van der Waals surface area contributed by atoms with Gasteiger partial charge in [-0.3, -0.25) is 4.79 Å². The van der Waals surface area contributed by atoms with E-state index in [-0.39, 0.29) is 12.0 Å². The highest BCUT2D eigenvalue weighted by Crippen LogP contribution is 2.23. The number of benzene rings is 1. The monoisotopic (exact) mass is 343 g/mol. The van der Waals surface area contributed by atoms with Gasteiger partial charge >= 0.3 is 0 Å². The van der Waals surface area contributed by atoms with Crippen molar-refractivity contribution in [2.24, 2.45) is 0 Å².